The van der Waals surface area contributed by atoms with E-state index in [0.717, 1.165) is 17.9 Å². The molecule has 2 rings (SSSR count). The first-order valence-corrected chi connectivity index (χ1v) is 7.66. The SMILES string of the molecule is CCc1oc(C)cc1C(=O)Nc1ncc(CC(C)C)s1. The number of thiazole rings is 1. The molecule has 20 heavy (non-hydrogen) atoms. The van der Waals surface area contributed by atoms with Gasteiger partial charge in [-0.25, -0.2) is 4.98 Å². The highest BCUT2D eigenvalue weighted by molar-refractivity contribution is 7.15. The van der Waals surface area contributed by atoms with E-state index in [2.05, 4.69) is 24.1 Å². The lowest BCUT2D eigenvalue weighted by atomic mass is 10.1. The van der Waals surface area contributed by atoms with E-state index < -0.39 is 0 Å². The maximum atomic E-state index is 12.2. The second kappa shape index (κ2) is 6.22. The predicted octanol–water partition coefficient (Wildman–Crippen LogP) is 4.06. The minimum absolute atomic E-state index is 0.149. The van der Waals surface area contributed by atoms with Gasteiger partial charge < -0.3 is 4.42 Å². The average molecular weight is 292 g/mol. The van der Waals surface area contributed by atoms with Crippen LogP contribution < -0.4 is 5.32 Å². The van der Waals surface area contributed by atoms with Gasteiger partial charge in [0, 0.05) is 17.5 Å². The van der Waals surface area contributed by atoms with Crippen LogP contribution in [0.4, 0.5) is 5.13 Å². The van der Waals surface area contributed by atoms with Crippen LogP contribution in [0.2, 0.25) is 0 Å². The highest BCUT2D eigenvalue weighted by Crippen LogP contribution is 2.23. The number of nitrogens with one attached hydrogen (secondary N) is 1. The summed E-state index contributed by atoms with van der Waals surface area (Å²) >= 11 is 1.53. The van der Waals surface area contributed by atoms with Crippen LogP contribution in [-0.4, -0.2) is 10.9 Å². The van der Waals surface area contributed by atoms with Crippen LogP contribution in [0.1, 0.15) is 47.5 Å². The fraction of sp³-hybridized carbons (Fsp3) is 0.467. The predicted molar refractivity (Wildman–Crippen MR) is 81.4 cm³/mol. The Balaban J connectivity index is 2.09. The third-order valence-electron chi connectivity index (χ3n) is 2.88. The molecule has 0 aromatic carbocycles. The molecule has 0 aliphatic rings. The monoisotopic (exact) mass is 292 g/mol. The van der Waals surface area contributed by atoms with Crippen LogP contribution in [-0.2, 0) is 12.8 Å². The summed E-state index contributed by atoms with van der Waals surface area (Å²) in [7, 11) is 0. The number of carbonyl (C=O) groups is 1. The molecule has 4 nitrogen and oxygen atoms in total. The Morgan fingerprint density at radius 2 is 2.25 bits per heavy atom. The first-order chi connectivity index (χ1) is 9.49. The number of aromatic nitrogens is 1. The molecule has 2 aromatic heterocycles. The summed E-state index contributed by atoms with van der Waals surface area (Å²) in [6.07, 6.45) is 3.52. The molecule has 2 aromatic rings. The zero-order valence-electron chi connectivity index (χ0n) is 12.3. The summed E-state index contributed by atoms with van der Waals surface area (Å²) < 4.78 is 5.50. The van der Waals surface area contributed by atoms with E-state index in [1.165, 1.54) is 16.2 Å². The molecule has 1 amide bonds. The van der Waals surface area contributed by atoms with Crippen LogP contribution in [0.5, 0.6) is 0 Å². The van der Waals surface area contributed by atoms with Crippen molar-refractivity contribution >= 4 is 22.4 Å². The van der Waals surface area contributed by atoms with E-state index in [0.29, 0.717) is 23.0 Å². The molecule has 0 radical (unpaired) electrons. The van der Waals surface area contributed by atoms with Gasteiger partial charge in [0.1, 0.15) is 11.5 Å². The standard InChI is InChI=1S/C15H20N2O2S/c1-5-13-12(7-10(4)19-13)14(18)17-15-16-8-11(20-15)6-9(2)3/h7-9H,5-6H2,1-4H3,(H,16,17,18). The molecule has 0 saturated carbocycles. The summed E-state index contributed by atoms with van der Waals surface area (Å²) in [4.78, 5) is 17.7. The van der Waals surface area contributed by atoms with Crippen LogP contribution in [0.3, 0.4) is 0 Å². The molecule has 5 heteroatoms. The van der Waals surface area contributed by atoms with Gasteiger partial charge in [-0.3, -0.25) is 10.1 Å². The summed E-state index contributed by atoms with van der Waals surface area (Å²) in [6, 6.07) is 1.77. The van der Waals surface area contributed by atoms with Gasteiger partial charge in [0.25, 0.3) is 5.91 Å². The van der Waals surface area contributed by atoms with Gasteiger partial charge in [0.05, 0.1) is 5.56 Å². The average Bonchev–Trinajstić information content (AvgIpc) is 2.95. The molecule has 0 bridgehead atoms. The van der Waals surface area contributed by atoms with E-state index in [-0.39, 0.29) is 5.91 Å². The molecule has 0 aliphatic heterocycles. The van der Waals surface area contributed by atoms with Gasteiger partial charge in [-0.1, -0.05) is 20.8 Å². The number of hydrogen-bond donors (Lipinski definition) is 1. The smallest absolute Gasteiger partial charge is 0.261 e. The Morgan fingerprint density at radius 3 is 2.90 bits per heavy atom. The topological polar surface area (TPSA) is 55.1 Å². The first-order valence-electron chi connectivity index (χ1n) is 6.85. The van der Waals surface area contributed by atoms with Crippen LogP contribution in [0.15, 0.2) is 16.7 Å². The van der Waals surface area contributed by atoms with E-state index in [4.69, 9.17) is 4.42 Å². The van der Waals surface area contributed by atoms with Crippen LogP contribution >= 0.6 is 11.3 Å². The minimum Gasteiger partial charge on any atom is -0.466 e. The van der Waals surface area contributed by atoms with E-state index in [9.17, 15) is 4.79 Å². The lowest BCUT2D eigenvalue weighted by molar-refractivity contribution is 0.102. The third-order valence-corrected chi connectivity index (χ3v) is 3.82. The quantitative estimate of drug-likeness (QED) is 0.904. The fourth-order valence-electron chi connectivity index (χ4n) is 2.04. The van der Waals surface area contributed by atoms with E-state index in [1.54, 1.807) is 6.07 Å². The van der Waals surface area contributed by atoms with Gasteiger partial charge in [-0.15, -0.1) is 11.3 Å². The van der Waals surface area contributed by atoms with Crippen molar-refractivity contribution in [3.8, 4) is 0 Å². The molecular formula is C15H20N2O2S. The van der Waals surface area contributed by atoms with Crippen molar-refractivity contribution in [2.24, 2.45) is 5.92 Å². The normalized spacial score (nSPS) is 11.1. The highest BCUT2D eigenvalue weighted by Gasteiger charge is 2.16. The Hall–Kier alpha value is -1.62. The zero-order valence-corrected chi connectivity index (χ0v) is 13.1. The Kier molecular flexibility index (Phi) is 4.60. The second-order valence-electron chi connectivity index (χ2n) is 5.23. The third kappa shape index (κ3) is 3.48. The van der Waals surface area contributed by atoms with Gasteiger partial charge >= 0.3 is 0 Å². The zero-order chi connectivity index (χ0) is 14.7. The van der Waals surface area contributed by atoms with Crippen molar-refractivity contribution in [1.29, 1.82) is 0 Å². The number of nitrogens with zero attached hydrogens (tertiary/aromatic N) is 1. The Bertz CT molecular complexity index is 599. The molecule has 0 spiro atoms. The lowest BCUT2D eigenvalue weighted by Crippen LogP contribution is -2.12. The number of furan rings is 1. The Morgan fingerprint density at radius 1 is 1.50 bits per heavy atom. The number of rotatable bonds is 5. The van der Waals surface area contributed by atoms with E-state index in [1.807, 2.05) is 20.0 Å². The van der Waals surface area contributed by atoms with Crippen molar-refractivity contribution in [2.75, 3.05) is 5.32 Å². The van der Waals surface area contributed by atoms with Crippen molar-refractivity contribution in [3.63, 3.8) is 0 Å². The number of amides is 1. The fourth-order valence-corrected chi connectivity index (χ4v) is 3.06. The van der Waals surface area contributed by atoms with Crippen LogP contribution in [0, 0.1) is 12.8 Å². The molecule has 108 valence electrons. The van der Waals surface area contributed by atoms with E-state index >= 15 is 0 Å². The lowest BCUT2D eigenvalue weighted by Gasteiger charge is -2.01. The molecule has 1 N–H and O–H groups in total. The molecule has 0 atom stereocenters. The number of carbonyl (C=O) groups excluding carboxylic acids is 1. The number of anilines is 1. The molecule has 0 aliphatic carbocycles. The number of aryl methyl sites for hydroxylation is 2. The molecule has 0 fully saturated rings. The van der Waals surface area contributed by atoms with Crippen LogP contribution in [0.25, 0.3) is 0 Å². The van der Waals surface area contributed by atoms with Gasteiger partial charge in [-0.05, 0) is 25.3 Å². The van der Waals surface area contributed by atoms with Crippen molar-refractivity contribution in [2.45, 2.75) is 40.5 Å². The maximum Gasteiger partial charge on any atom is 0.261 e. The van der Waals surface area contributed by atoms with Gasteiger partial charge in [0.2, 0.25) is 0 Å². The van der Waals surface area contributed by atoms with Crippen molar-refractivity contribution < 1.29 is 9.21 Å². The van der Waals surface area contributed by atoms with Crippen molar-refractivity contribution in [3.05, 3.63) is 34.2 Å². The highest BCUT2D eigenvalue weighted by atomic mass is 32.1. The molecular weight excluding hydrogens is 272 g/mol. The first kappa shape index (κ1) is 14.8. The van der Waals surface area contributed by atoms with Crippen molar-refractivity contribution in [1.82, 2.24) is 4.98 Å². The molecule has 0 unspecified atom stereocenters. The van der Waals surface area contributed by atoms with Gasteiger partial charge in [-0.2, -0.15) is 0 Å². The molecule has 2 heterocycles. The number of hydrogen-bond acceptors (Lipinski definition) is 4. The maximum absolute atomic E-state index is 12.2. The Labute approximate surface area is 123 Å². The summed E-state index contributed by atoms with van der Waals surface area (Å²) in [5.74, 6) is 1.91. The molecule has 0 saturated heterocycles. The van der Waals surface area contributed by atoms with Gasteiger partial charge in [0.15, 0.2) is 5.13 Å². The second-order valence-corrected chi connectivity index (χ2v) is 6.35. The largest absolute Gasteiger partial charge is 0.466 e. The summed E-state index contributed by atoms with van der Waals surface area (Å²) in [6.45, 7) is 8.15. The minimum atomic E-state index is -0.149. The summed E-state index contributed by atoms with van der Waals surface area (Å²) in [5, 5.41) is 3.49. The summed E-state index contributed by atoms with van der Waals surface area (Å²) in [5.41, 5.74) is 0.602.